The monoisotopic (exact) mass is 396 g/mol. The third-order valence-corrected chi connectivity index (χ3v) is 6.48. The first kappa shape index (κ1) is 17.5. The van der Waals surface area contributed by atoms with Gasteiger partial charge in [-0.15, -0.1) is 0 Å². The number of nitrogens with one attached hydrogen (secondary N) is 2. The predicted molar refractivity (Wildman–Crippen MR) is 111 cm³/mol. The molecule has 9 heteroatoms. The number of hydrogen-bond acceptors (Lipinski definition) is 4. The van der Waals surface area contributed by atoms with E-state index in [1.54, 1.807) is 0 Å². The van der Waals surface area contributed by atoms with E-state index in [0.717, 1.165) is 34.7 Å². The maximum absolute atomic E-state index is 11.1. The van der Waals surface area contributed by atoms with Crippen LogP contribution in [-0.2, 0) is 0 Å². The summed E-state index contributed by atoms with van der Waals surface area (Å²) >= 11 is 13.1. The fraction of sp³-hybridized carbons (Fsp3) is 0.500. The molecule has 0 radical (unpaired) electrons. The number of quaternary nitrogens is 1. The molecule has 1 atom stereocenters. The van der Waals surface area contributed by atoms with E-state index >= 15 is 0 Å². The number of thiazole rings is 1. The second kappa shape index (κ2) is 6.35. The lowest BCUT2D eigenvalue weighted by atomic mass is 9.72. The Morgan fingerprint density at radius 3 is 2.92 bits per heavy atom. The minimum atomic E-state index is -0.624. The van der Waals surface area contributed by atoms with Gasteiger partial charge in [-0.25, -0.2) is 4.98 Å². The number of halogens is 1. The highest BCUT2D eigenvalue weighted by Crippen LogP contribution is 2.38. The van der Waals surface area contributed by atoms with Crippen molar-refractivity contribution in [3.05, 3.63) is 23.2 Å². The van der Waals surface area contributed by atoms with Gasteiger partial charge in [0.25, 0.3) is 0 Å². The van der Waals surface area contributed by atoms with Gasteiger partial charge in [-0.2, -0.15) is 0 Å². The van der Waals surface area contributed by atoms with Gasteiger partial charge in [0.15, 0.2) is 18.2 Å². The first-order chi connectivity index (χ1) is 11.9. The molecule has 4 heterocycles. The van der Waals surface area contributed by atoms with E-state index in [-0.39, 0.29) is 7.98 Å². The van der Waals surface area contributed by atoms with Gasteiger partial charge >= 0.3 is 0 Å². The van der Waals surface area contributed by atoms with Crippen molar-refractivity contribution in [2.24, 2.45) is 5.92 Å². The van der Waals surface area contributed by atoms with Crippen LogP contribution in [-0.4, -0.2) is 59.4 Å². The molecule has 0 aliphatic carbocycles. The van der Waals surface area contributed by atoms with Gasteiger partial charge in [0, 0.05) is 19.0 Å². The van der Waals surface area contributed by atoms with Gasteiger partial charge in [-0.1, -0.05) is 29.0 Å². The van der Waals surface area contributed by atoms with E-state index in [1.165, 1.54) is 28.8 Å². The van der Waals surface area contributed by atoms with Crippen LogP contribution in [0.5, 0.6) is 0 Å². The number of fused-ring (bicyclic) bond motifs is 4. The number of piperidine rings is 3. The highest BCUT2D eigenvalue weighted by Gasteiger charge is 2.49. The summed E-state index contributed by atoms with van der Waals surface area (Å²) in [7, 11) is 0.187. The molecule has 25 heavy (non-hydrogen) atoms. The van der Waals surface area contributed by atoms with E-state index in [4.69, 9.17) is 23.8 Å². The van der Waals surface area contributed by atoms with Crippen molar-refractivity contribution >= 4 is 63.6 Å². The van der Waals surface area contributed by atoms with Crippen LogP contribution in [0.15, 0.2) is 18.2 Å². The maximum atomic E-state index is 11.1. The van der Waals surface area contributed by atoms with Crippen molar-refractivity contribution < 1.29 is 9.50 Å². The number of thiocarbonyl (C=S) groups is 1. The molecule has 3 fully saturated rings. The molecule has 3 aliphatic rings. The minimum absolute atomic E-state index is 0.187. The van der Waals surface area contributed by atoms with E-state index in [0.29, 0.717) is 22.6 Å². The van der Waals surface area contributed by atoms with Gasteiger partial charge in [0.05, 0.1) is 22.8 Å². The normalized spacial score (nSPS) is 31.2. The largest absolute Gasteiger partial charge is 0.520 e. The zero-order chi connectivity index (χ0) is 17.7. The molecular formula is C16H22BClN4OS2. The van der Waals surface area contributed by atoms with E-state index in [9.17, 15) is 5.11 Å². The number of rotatable bonds is 3. The lowest BCUT2D eigenvalue weighted by molar-refractivity contribution is -0.846. The standard InChI is InChI=1S/C16H22BClN4OS2/c17-22-6-4-10(5-7-22)16(23,9-22)8-19-14(24)21-15-20-13-11(18)2-1-3-12(13)25-15/h1-3,10,23H,4-9H2,17H3,(H2,19,20,21,24). The predicted octanol–water partition coefficient (Wildman–Crippen LogP) is 1.49. The smallest absolute Gasteiger partial charge is 0.190 e. The van der Waals surface area contributed by atoms with Gasteiger partial charge in [0.1, 0.15) is 11.1 Å². The molecule has 3 aliphatic heterocycles. The van der Waals surface area contributed by atoms with Gasteiger partial charge in [-0.3, -0.25) is 0 Å². The number of anilines is 1. The van der Waals surface area contributed by atoms with E-state index < -0.39 is 5.60 Å². The molecule has 3 N–H and O–H groups in total. The van der Waals surface area contributed by atoms with Crippen molar-refractivity contribution in [2.45, 2.75) is 18.4 Å². The Hall–Kier alpha value is -0.925. The average molecular weight is 397 g/mol. The average Bonchev–Trinajstić information content (AvgIpc) is 2.97. The second-order valence-electron chi connectivity index (χ2n) is 6.57. The Balaban J connectivity index is 1.40. The zero-order valence-electron chi connectivity index (χ0n) is 13.1. The van der Waals surface area contributed by atoms with Gasteiger partial charge in [-0.05, 0) is 37.2 Å². The van der Waals surface area contributed by atoms with Crippen LogP contribution in [0.4, 0.5) is 5.13 Å². The molecular weight excluding hydrogens is 375 g/mol. The summed E-state index contributed by atoms with van der Waals surface area (Å²) < 4.78 is 2.24. The fourth-order valence-electron chi connectivity index (χ4n) is 3.69. The number of benzene rings is 1. The zero-order valence-corrected chi connectivity index (χ0v) is 15.5. The van der Waals surface area contributed by atoms with Crippen LogP contribution in [0.3, 0.4) is 0 Å². The minimum Gasteiger partial charge on any atom is -0.520 e. The molecule has 1 aromatic carbocycles. The lowest BCUT2D eigenvalue weighted by Gasteiger charge is -2.60. The summed E-state index contributed by atoms with van der Waals surface area (Å²) in [6.45, 7) is 3.98. The first-order valence-electron chi connectivity index (χ1n) is 8.08. The first-order valence-corrected chi connectivity index (χ1v) is 9.68. The molecule has 0 amide bonds. The second-order valence-corrected chi connectivity index (χ2v) is 8.41. The van der Waals surface area contributed by atoms with Crippen LogP contribution >= 0.6 is 35.2 Å². The molecule has 1 unspecified atom stereocenters. The van der Waals surface area contributed by atoms with Crippen LogP contribution in [0.2, 0.25) is 5.02 Å². The molecule has 134 valence electrons. The molecule has 5 rings (SSSR count). The molecule has 0 saturated carbocycles. The summed E-state index contributed by atoms with van der Waals surface area (Å²) in [5, 5.41) is 19.4. The Morgan fingerprint density at radius 1 is 1.48 bits per heavy atom. The summed E-state index contributed by atoms with van der Waals surface area (Å²) in [5.74, 6) is 0.405. The lowest BCUT2D eigenvalue weighted by Crippen LogP contribution is -2.70. The summed E-state index contributed by atoms with van der Waals surface area (Å²) in [4.78, 5) is 4.51. The van der Waals surface area contributed by atoms with E-state index in [2.05, 4.69) is 15.6 Å². The Labute approximate surface area is 162 Å². The van der Waals surface area contributed by atoms with E-state index in [1.807, 2.05) is 18.2 Å². The summed E-state index contributed by atoms with van der Waals surface area (Å²) in [5.41, 5.74) is 0.169. The number of nitrogens with zero attached hydrogens (tertiary/aromatic N) is 2. The summed E-state index contributed by atoms with van der Waals surface area (Å²) in [6, 6.07) is 5.75. The van der Waals surface area contributed by atoms with Crippen molar-refractivity contribution in [3.8, 4) is 0 Å². The van der Waals surface area contributed by atoms with Crippen LogP contribution < -0.4 is 10.6 Å². The van der Waals surface area contributed by atoms with Crippen molar-refractivity contribution in [1.29, 1.82) is 0 Å². The van der Waals surface area contributed by atoms with Crippen LogP contribution in [0.1, 0.15) is 12.8 Å². The molecule has 2 aromatic rings. The topological polar surface area (TPSA) is 57.2 Å². The molecule has 1 aromatic heterocycles. The Bertz CT molecular complexity index is 824. The van der Waals surface area contributed by atoms with Crippen molar-refractivity contribution in [1.82, 2.24) is 10.3 Å². The number of para-hydroxylation sites is 1. The highest BCUT2D eigenvalue weighted by atomic mass is 35.5. The van der Waals surface area contributed by atoms with Crippen molar-refractivity contribution in [2.75, 3.05) is 31.5 Å². The van der Waals surface area contributed by atoms with Gasteiger partial charge < -0.3 is 20.1 Å². The van der Waals surface area contributed by atoms with Crippen molar-refractivity contribution in [3.63, 3.8) is 0 Å². The van der Waals surface area contributed by atoms with Crippen LogP contribution in [0, 0.1) is 5.92 Å². The third kappa shape index (κ3) is 3.38. The molecule has 0 spiro atoms. The fourth-order valence-corrected chi connectivity index (χ4v) is 5.09. The molecule has 2 bridgehead atoms. The molecule has 5 nitrogen and oxygen atoms in total. The Kier molecular flexibility index (Phi) is 4.44. The third-order valence-electron chi connectivity index (χ3n) is 4.99. The van der Waals surface area contributed by atoms with Gasteiger partial charge in [0.2, 0.25) is 0 Å². The highest BCUT2D eigenvalue weighted by molar-refractivity contribution is 7.80. The summed E-state index contributed by atoms with van der Waals surface area (Å²) in [6.07, 6.45) is 2.30. The quantitative estimate of drug-likeness (QED) is 0.542. The van der Waals surface area contributed by atoms with Crippen LogP contribution in [0.25, 0.3) is 10.2 Å². The number of aliphatic hydroxyl groups is 1. The number of aromatic nitrogens is 1. The molecule has 3 saturated heterocycles. The SMILES string of the molecule is [BH3-][N+]12CCC(CC1)C(O)(CNC(=S)Nc1nc3c(Cl)cccc3s1)C2. The maximum Gasteiger partial charge on any atom is 0.190 e. The number of hydrogen-bond donors (Lipinski definition) is 3. The Morgan fingerprint density at radius 2 is 2.24 bits per heavy atom.